The summed E-state index contributed by atoms with van der Waals surface area (Å²) >= 11 is 0. The lowest BCUT2D eigenvalue weighted by atomic mass is 9.95. The summed E-state index contributed by atoms with van der Waals surface area (Å²) in [5.74, 6) is -0.467. The molecule has 8 heteroatoms. The van der Waals surface area contributed by atoms with Gasteiger partial charge in [0.1, 0.15) is 11.4 Å². The predicted octanol–water partition coefficient (Wildman–Crippen LogP) is 7.19. The first kappa shape index (κ1) is 25.7. The van der Waals surface area contributed by atoms with Gasteiger partial charge in [0, 0.05) is 64.6 Å². The molecule has 202 valence electrons. The molecule has 1 amide bonds. The lowest BCUT2D eigenvalue weighted by molar-refractivity contribution is -0.0101. The molecule has 4 aromatic rings. The number of hydrogen-bond donors (Lipinski definition) is 3. The first-order chi connectivity index (χ1) is 19.4. The number of fused-ring (bicyclic) bond motifs is 2. The Morgan fingerprint density at radius 3 is 2.67 bits per heavy atom. The molecule has 4 heterocycles. The van der Waals surface area contributed by atoms with Crippen LogP contribution in [-0.2, 0) is 17.6 Å². The fourth-order valence-corrected chi connectivity index (χ4v) is 5.17. The molecule has 0 radical (unpaired) electrons. The number of amides is 1. The first-order valence-corrected chi connectivity index (χ1v) is 13.4. The SMILES string of the molecule is CC1(C)OCCC(c2cc(Nc3ccc(C(=O)Nc4cccc5c4CCc4cnccc4N5)cc3)ccn2)=C1F. The number of nitrogens with one attached hydrogen (secondary N) is 3. The van der Waals surface area contributed by atoms with E-state index in [1.165, 1.54) is 0 Å². The quantitative estimate of drug-likeness (QED) is 0.251. The van der Waals surface area contributed by atoms with Crippen molar-refractivity contribution in [2.45, 2.75) is 38.7 Å². The van der Waals surface area contributed by atoms with E-state index in [1.807, 2.05) is 54.7 Å². The molecule has 6 rings (SSSR count). The summed E-state index contributed by atoms with van der Waals surface area (Å²) in [5.41, 5.74) is 7.38. The van der Waals surface area contributed by atoms with E-state index in [0.717, 1.165) is 52.4 Å². The van der Waals surface area contributed by atoms with Gasteiger partial charge < -0.3 is 20.7 Å². The summed E-state index contributed by atoms with van der Waals surface area (Å²) in [6, 6.07) is 18.8. The van der Waals surface area contributed by atoms with Crippen molar-refractivity contribution in [3.05, 3.63) is 107 Å². The fraction of sp³-hybridized carbons (Fsp3) is 0.219. The van der Waals surface area contributed by atoms with E-state index < -0.39 is 5.60 Å². The van der Waals surface area contributed by atoms with E-state index in [-0.39, 0.29) is 11.7 Å². The molecule has 2 aliphatic heterocycles. The number of pyridine rings is 2. The van der Waals surface area contributed by atoms with Gasteiger partial charge in [0.05, 0.1) is 12.3 Å². The maximum absolute atomic E-state index is 15.0. The minimum Gasteiger partial charge on any atom is -0.368 e. The van der Waals surface area contributed by atoms with E-state index >= 15 is 0 Å². The maximum atomic E-state index is 15.0. The van der Waals surface area contributed by atoms with Crippen molar-refractivity contribution in [3.63, 3.8) is 0 Å². The Labute approximate surface area is 232 Å². The average Bonchev–Trinajstić information content (AvgIpc) is 3.15. The fourth-order valence-electron chi connectivity index (χ4n) is 5.17. The third-order valence-electron chi connectivity index (χ3n) is 7.35. The van der Waals surface area contributed by atoms with Crippen LogP contribution >= 0.6 is 0 Å². The summed E-state index contributed by atoms with van der Waals surface area (Å²) in [6.07, 6.45) is 7.42. The van der Waals surface area contributed by atoms with Gasteiger partial charge in [-0.05, 0) is 92.4 Å². The molecule has 0 spiro atoms. The highest BCUT2D eigenvalue weighted by molar-refractivity contribution is 6.05. The molecule has 0 atom stereocenters. The largest absolute Gasteiger partial charge is 0.368 e. The molecule has 0 unspecified atom stereocenters. The molecule has 0 aliphatic carbocycles. The van der Waals surface area contributed by atoms with Crippen LogP contribution in [0.15, 0.2) is 85.1 Å². The highest BCUT2D eigenvalue weighted by Crippen LogP contribution is 2.37. The monoisotopic (exact) mass is 535 g/mol. The maximum Gasteiger partial charge on any atom is 0.255 e. The number of hydrogen-bond acceptors (Lipinski definition) is 6. The van der Waals surface area contributed by atoms with Crippen molar-refractivity contribution in [3.8, 4) is 0 Å². The second-order valence-corrected chi connectivity index (χ2v) is 10.5. The van der Waals surface area contributed by atoms with Gasteiger partial charge in [0.25, 0.3) is 5.91 Å². The second kappa shape index (κ2) is 10.5. The number of aromatic nitrogens is 2. The number of ether oxygens (including phenoxy) is 1. The van der Waals surface area contributed by atoms with E-state index in [9.17, 15) is 9.18 Å². The number of nitrogens with zero attached hydrogens (tertiary/aromatic N) is 2. The lowest BCUT2D eigenvalue weighted by Crippen LogP contribution is -2.30. The van der Waals surface area contributed by atoms with Crippen molar-refractivity contribution >= 4 is 39.9 Å². The normalized spacial score (nSPS) is 15.8. The zero-order chi connectivity index (χ0) is 27.7. The molecule has 0 bridgehead atoms. The van der Waals surface area contributed by atoms with E-state index in [4.69, 9.17) is 4.74 Å². The predicted molar refractivity (Wildman–Crippen MR) is 156 cm³/mol. The Hall–Kier alpha value is -4.56. The van der Waals surface area contributed by atoms with Crippen molar-refractivity contribution in [1.29, 1.82) is 0 Å². The van der Waals surface area contributed by atoms with Crippen molar-refractivity contribution in [2.24, 2.45) is 0 Å². The lowest BCUT2D eigenvalue weighted by Gasteiger charge is -2.30. The molecule has 0 saturated carbocycles. The molecule has 0 saturated heterocycles. The summed E-state index contributed by atoms with van der Waals surface area (Å²) in [7, 11) is 0. The topological polar surface area (TPSA) is 88.2 Å². The molecule has 40 heavy (non-hydrogen) atoms. The molecule has 2 aliphatic rings. The van der Waals surface area contributed by atoms with Crippen molar-refractivity contribution < 1.29 is 13.9 Å². The van der Waals surface area contributed by atoms with Gasteiger partial charge in [0.2, 0.25) is 0 Å². The molecular weight excluding hydrogens is 505 g/mol. The van der Waals surface area contributed by atoms with E-state index in [1.54, 1.807) is 38.4 Å². The minimum atomic E-state index is -0.952. The van der Waals surface area contributed by atoms with Crippen LogP contribution in [0.5, 0.6) is 0 Å². The third kappa shape index (κ3) is 5.18. The highest BCUT2D eigenvalue weighted by Gasteiger charge is 2.32. The van der Waals surface area contributed by atoms with Gasteiger partial charge in [-0.3, -0.25) is 14.8 Å². The van der Waals surface area contributed by atoms with Gasteiger partial charge in [-0.25, -0.2) is 4.39 Å². The van der Waals surface area contributed by atoms with E-state index in [0.29, 0.717) is 29.9 Å². The first-order valence-electron chi connectivity index (χ1n) is 13.4. The van der Waals surface area contributed by atoms with Crippen LogP contribution in [0.2, 0.25) is 0 Å². The number of rotatable bonds is 5. The number of halogens is 1. The summed E-state index contributed by atoms with van der Waals surface area (Å²) in [6.45, 7) is 3.90. The minimum absolute atomic E-state index is 0.181. The number of anilines is 5. The number of benzene rings is 2. The Kier molecular flexibility index (Phi) is 6.77. The Balaban J connectivity index is 1.15. The van der Waals surface area contributed by atoms with Crippen molar-refractivity contribution in [1.82, 2.24) is 9.97 Å². The summed E-state index contributed by atoms with van der Waals surface area (Å²) < 4.78 is 20.5. The van der Waals surface area contributed by atoms with Gasteiger partial charge >= 0.3 is 0 Å². The van der Waals surface area contributed by atoms with Crippen LogP contribution < -0.4 is 16.0 Å². The Bertz CT molecular complexity index is 1610. The van der Waals surface area contributed by atoms with Gasteiger partial charge in [0.15, 0.2) is 0 Å². The Morgan fingerprint density at radius 2 is 1.82 bits per heavy atom. The third-order valence-corrected chi connectivity index (χ3v) is 7.35. The standard InChI is InChI=1S/C32H30FN5O2/c1-32(2)30(33)25(14-17-40-32)29-18-23(12-16-35-29)36-22-9-6-20(7-10-22)31(39)38-28-5-3-4-27-24(28)11-8-21-19-34-15-13-26(21)37-27/h3-7,9-10,12-13,15-16,18-19,37H,8,11,14,17H2,1-2H3,(H,35,36)(H,38,39). The van der Waals surface area contributed by atoms with Gasteiger partial charge in [-0.2, -0.15) is 0 Å². The van der Waals surface area contributed by atoms with Crippen LogP contribution in [0.3, 0.4) is 0 Å². The van der Waals surface area contributed by atoms with Crippen LogP contribution in [0.25, 0.3) is 5.57 Å². The number of carbonyl (C=O) groups excluding carboxylic acids is 1. The number of aryl methyl sites for hydroxylation is 1. The Morgan fingerprint density at radius 1 is 0.975 bits per heavy atom. The molecule has 2 aromatic heterocycles. The average molecular weight is 536 g/mol. The molecule has 2 aromatic carbocycles. The molecule has 0 fully saturated rings. The molecule has 3 N–H and O–H groups in total. The van der Waals surface area contributed by atoms with Crippen molar-refractivity contribution in [2.75, 3.05) is 22.6 Å². The summed E-state index contributed by atoms with van der Waals surface area (Å²) in [4.78, 5) is 21.8. The smallest absolute Gasteiger partial charge is 0.255 e. The summed E-state index contributed by atoms with van der Waals surface area (Å²) in [5, 5.41) is 9.90. The van der Waals surface area contributed by atoms with Gasteiger partial charge in [-0.15, -0.1) is 0 Å². The highest BCUT2D eigenvalue weighted by atomic mass is 19.1. The van der Waals surface area contributed by atoms with Crippen LogP contribution in [-0.4, -0.2) is 28.1 Å². The van der Waals surface area contributed by atoms with Gasteiger partial charge in [-0.1, -0.05) is 6.07 Å². The van der Waals surface area contributed by atoms with Crippen LogP contribution in [0, 0.1) is 0 Å². The zero-order valence-corrected chi connectivity index (χ0v) is 22.4. The van der Waals surface area contributed by atoms with Crippen LogP contribution in [0.4, 0.5) is 32.8 Å². The number of carbonyl (C=O) groups is 1. The zero-order valence-electron chi connectivity index (χ0n) is 22.4. The second-order valence-electron chi connectivity index (χ2n) is 10.5. The van der Waals surface area contributed by atoms with Crippen LogP contribution in [0.1, 0.15) is 47.4 Å². The molecule has 7 nitrogen and oxygen atoms in total. The molecular formula is C32H30FN5O2. The van der Waals surface area contributed by atoms with E-state index in [2.05, 4.69) is 25.9 Å².